The van der Waals surface area contributed by atoms with E-state index in [0.717, 1.165) is 27.9 Å². The van der Waals surface area contributed by atoms with Crippen LogP contribution in [-0.2, 0) is 6.42 Å². The first kappa shape index (κ1) is 18.7. The van der Waals surface area contributed by atoms with E-state index < -0.39 is 0 Å². The van der Waals surface area contributed by atoms with Crippen molar-refractivity contribution in [3.63, 3.8) is 0 Å². The summed E-state index contributed by atoms with van der Waals surface area (Å²) >= 11 is 0. The molecule has 0 aliphatic heterocycles. The molecule has 27 heavy (non-hydrogen) atoms. The number of aliphatic hydroxyl groups is 1. The first-order valence-corrected chi connectivity index (χ1v) is 8.85. The summed E-state index contributed by atoms with van der Waals surface area (Å²) in [7, 11) is 0. The molecule has 0 bridgehead atoms. The Labute approximate surface area is 159 Å². The Bertz CT molecular complexity index is 968. The summed E-state index contributed by atoms with van der Waals surface area (Å²) in [4.78, 5) is 0. The number of aliphatic hydroxyl groups excluding tert-OH is 1. The van der Waals surface area contributed by atoms with Gasteiger partial charge in [0, 0.05) is 23.3 Å². The van der Waals surface area contributed by atoms with Crippen LogP contribution in [0.2, 0.25) is 0 Å². The van der Waals surface area contributed by atoms with Crippen LogP contribution in [-0.4, -0.2) is 22.3 Å². The highest BCUT2D eigenvalue weighted by Crippen LogP contribution is 2.27. The number of nitrogens with zero attached hydrogens (tertiary/aromatic N) is 1. The van der Waals surface area contributed by atoms with E-state index >= 15 is 0 Å². The normalized spacial score (nSPS) is 12.7. The van der Waals surface area contributed by atoms with Crippen LogP contribution in [0.1, 0.15) is 5.56 Å². The second kappa shape index (κ2) is 8.54. The Morgan fingerprint density at radius 3 is 2.56 bits per heavy atom. The Kier molecular flexibility index (Phi) is 5.91. The number of fused-ring (bicyclic) bond motifs is 1. The maximum absolute atomic E-state index is 9.29. The van der Waals surface area contributed by atoms with Crippen molar-refractivity contribution in [2.45, 2.75) is 12.5 Å². The van der Waals surface area contributed by atoms with Gasteiger partial charge in [-0.25, -0.2) is 0 Å². The number of benzene rings is 2. The van der Waals surface area contributed by atoms with E-state index in [2.05, 4.69) is 36.1 Å². The Hall–Kier alpha value is -3.08. The molecule has 3 N–H and O–H groups in total. The van der Waals surface area contributed by atoms with Crippen LogP contribution in [0.3, 0.4) is 0 Å². The zero-order valence-electron chi connectivity index (χ0n) is 15.2. The molecule has 3 rings (SSSR count). The van der Waals surface area contributed by atoms with Crippen molar-refractivity contribution in [1.82, 2.24) is 4.57 Å². The van der Waals surface area contributed by atoms with Crippen LogP contribution < -0.4 is 10.5 Å². The first-order valence-electron chi connectivity index (χ1n) is 8.85. The van der Waals surface area contributed by atoms with Crippen LogP contribution in [0.15, 0.2) is 91.9 Å². The van der Waals surface area contributed by atoms with Crippen molar-refractivity contribution in [1.29, 1.82) is 0 Å². The van der Waals surface area contributed by atoms with Gasteiger partial charge in [-0.2, -0.15) is 0 Å². The lowest BCUT2D eigenvalue weighted by Crippen LogP contribution is -2.26. The van der Waals surface area contributed by atoms with Gasteiger partial charge in [-0.05, 0) is 54.5 Å². The summed E-state index contributed by atoms with van der Waals surface area (Å²) in [6, 6.07) is 15.8. The highest BCUT2D eigenvalue weighted by Gasteiger charge is 2.12. The Morgan fingerprint density at radius 2 is 1.89 bits per heavy atom. The van der Waals surface area contributed by atoms with Crippen LogP contribution in [0.25, 0.3) is 16.6 Å². The van der Waals surface area contributed by atoms with E-state index in [-0.39, 0.29) is 12.6 Å². The third-order valence-corrected chi connectivity index (χ3v) is 4.34. The third kappa shape index (κ3) is 4.19. The molecule has 138 valence electrons. The van der Waals surface area contributed by atoms with E-state index in [1.54, 1.807) is 18.2 Å². The number of rotatable bonds is 8. The topological polar surface area (TPSA) is 60.4 Å². The van der Waals surface area contributed by atoms with Crippen molar-refractivity contribution in [3.05, 3.63) is 97.4 Å². The molecule has 2 aromatic carbocycles. The molecule has 3 aromatic rings. The summed E-state index contributed by atoms with van der Waals surface area (Å²) < 4.78 is 7.90. The average Bonchev–Trinajstić information content (AvgIpc) is 3.06. The molecule has 0 saturated carbocycles. The fraction of sp³-hybridized carbons (Fsp3) is 0.130. The van der Waals surface area contributed by atoms with E-state index in [4.69, 9.17) is 10.5 Å². The smallest absolute Gasteiger partial charge is 0.127 e. The first-order chi connectivity index (χ1) is 13.2. The largest absolute Gasteiger partial charge is 0.457 e. The zero-order valence-corrected chi connectivity index (χ0v) is 15.2. The number of allylic oxidation sites excluding steroid dienone is 3. The maximum atomic E-state index is 9.29. The van der Waals surface area contributed by atoms with Crippen molar-refractivity contribution >= 4 is 10.9 Å². The van der Waals surface area contributed by atoms with E-state index in [0.29, 0.717) is 12.2 Å². The van der Waals surface area contributed by atoms with Crippen molar-refractivity contribution < 1.29 is 9.84 Å². The predicted octanol–water partition coefficient (Wildman–Crippen LogP) is 4.13. The molecule has 1 aromatic heterocycles. The molecule has 0 fully saturated rings. The molecule has 0 amide bonds. The van der Waals surface area contributed by atoms with Gasteiger partial charge in [-0.3, -0.25) is 0 Å². The zero-order chi connectivity index (χ0) is 19.2. The molecule has 0 spiro atoms. The van der Waals surface area contributed by atoms with Gasteiger partial charge < -0.3 is 20.1 Å². The minimum Gasteiger partial charge on any atom is -0.457 e. The molecular weight excluding hydrogens is 336 g/mol. The van der Waals surface area contributed by atoms with Crippen molar-refractivity contribution in [2.24, 2.45) is 5.73 Å². The SMILES string of the molecule is C=C/C=C(\C=C)Oc1ccc(-n2cc(CC(N)CO)c3ccccc32)cc1. The van der Waals surface area contributed by atoms with Gasteiger partial charge in [0.1, 0.15) is 11.5 Å². The van der Waals surface area contributed by atoms with Crippen LogP contribution in [0.5, 0.6) is 5.75 Å². The van der Waals surface area contributed by atoms with Gasteiger partial charge in [0.15, 0.2) is 0 Å². The maximum Gasteiger partial charge on any atom is 0.127 e. The van der Waals surface area contributed by atoms with E-state index in [1.165, 1.54) is 0 Å². The van der Waals surface area contributed by atoms with Crippen LogP contribution in [0.4, 0.5) is 0 Å². The molecule has 1 heterocycles. The standard InChI is InChI=1S/C23H24N2O2/c1-3-7-20(4-2)27-21-12-10-19(11-13-21)25-15-17(14-18(24)16-26)22-8-5-6-9-23(22)25/h3-13,15,18,26H,1-2,14,16,24H2/b20-7+. The van der Waals surface area contributed by atoms with Gasteiger partial charge in [0.2, 0.25) is 0 Å². The van der Waals surface area contributed by atoms with Gasteiger partial charge in [-0.15, -0.1) is 0 Å². The highest BCUT2D eigenvalue weighted by atomic mass is 16.5. The molecule has 1 atom stereocenters. The molecule has 4 nitrogen and oxygen atoms in total. The van der Waals surface area contributed by atoms with E-state index in [1.807, 2.05) is 36.4 Å². The molecule has 1 unspecified atom stereocenters. The Balaban J connectivity index is 1.94. The molecule has 0 saturated heterocycles. The lowest BCUT2D eigenvalue weighted by Gasteiger charge is -2.09. The lowest BCUT2D eigenvalue weighted by atomic mass is 10.1. The fourth-order valence-electron chi connectivity index (χ4n) is 3.04. The minimum absolute atomic E-state index is 0.0323. The molecule has 4 heteroatoms. The number of para-hydroxylation sites is 1. The number of hydrogen-bond acceptors (Lipinski definition) is 3. The summed E-state index contributed by atoms with van der Waals surface area (Å²) in [5.41, 5.74) is 9.20. The molecule has 0 aliphatic carbocycles. The summed E-state index contributed by atoms with van der Waals surface area (Å²) in [5.74, 6) is 1.37. The van der Waals surface area contributed by atoms with Gasteiger partial charge in [-0.1, -0.05) is 37.4 Å². The third-order valence-electron chi connectivity index (χ3n) is 4.34. The number of ether oxygens (including phenoxy) is 1. The quantitative estimate of drug-likeness (QED) is 0.469. The summed E-state index contributed by atoms with van der Waals surface area (Å²) in [6.07, 6.45) is 7.78. The molecule has 0 aliphatic rings. The van der Waals surface area contributed by atoms with Gasteiger partial charge in [0.25, 0.3) is 0 Å². The number of aromatic nitrogens is 1. The lowest BCUT2D eigenvalue weighted by molar-refractivity contribution is 0.265. The molecule has 0 radical (unpaired) electrons. The highest BCUT2D eigenvalue weighted by molar-refractivity contribution is 5.85. The van der Waals surface area contributed by atoms with E-state index in [9.17, 15) is 5.11 Å². The minimum atomic E-state index is -0.269. The summed E-state index contributed by atoms with van der Waals surface area (Å²) in [5, 5.41) is 10.4. The van der Waals surface area contributed by atoms with Gasteiger partial charge >= 0.3 is 0 Å². The fourth-order valence-corrected chi connectivity index (χ4v) is 3.04. The Morgan fingerprint density at radius 1 is 1.15 bits per heavy atom. The second-order valence-corrected chi connectivity index (χ2v) is 6.29. The predicted molar refractivity (Wildman–Crippen MR) is 111 cm³/mol. The molecular formula is C23H24N2O2. The van der Waals surface area contributed by atoms with Crippen molar-refractivity contribution in [2.75, 3.05) is 6.61 Å². The second-order valence-electron chi connectivity index (χ2n) is 6.29. The van der Waals surface area contributed by atoms with Gasteiger partial charge in [0.05, 0.1) is 12.1 Å². The van der Waals surface area contributed by atoms with Crippen LogP contribution >= 0.6 is 0 Å². The van der Waals surface area contributed by atoms with Crippen LogP contribution in [0, 0.1) is 0 Å². The average molecular weight is 360 g/mol. The summed E-state index contributed by atoms with van der Waals surface area (Å²) in [6.45, 7) is 7.37. The number of nitrogens with two attached hydrogens (primary N) is 1. The monoisotopic (exact) mass is 360 g/mol. The van der Waals surface area contributed by atoms with Crippen molar-refractivity contribution in [3.8, 4) is 11.4 Å². The number of hydrogen-bond donors (Lipinski definition) is 2.